The van der Waals surface area contributed by atoms with Crippen molar-refractivity contribution in [1.29, 1.82) is 0 Å². The molecule has 32 heavy (non-hydrogen) atoms. The van der Waals surface area contributed by atoms with Gasteiger partial charge in [-0.25, -0.2) is 10.4 Å². The number of anilines is 1. The number of para-hydroxylation sites is 2. The number of hydrogen-bond acceptors (Lipinski definition) is 5. The van der Waals surface area contributed by atoms with Crippen LogP contribution in [0.25, 0.3) is 11.0 Å². The Kier molecular flexibility index (Phi) is 6.74. The summed E-state index contributed by atoms with van der Waals surface area (Å²) in [5, 5.41) is 5.75. The van der Waals surface area contributed by atoms with Crippen LogP contribution in [0, 0.1) is 0 Å². The lowest BCUT2D eigenvalue weighted by molar-refractivity contribution is 0.285. The van der Waals surface area contributed by atoms with Gasteiger partial charge in [0.05, 0.1) is 29.4 Å². The first-order valence-corrected chi connectivity index (χ1v) is 10.7. The number of aryl methyl sites for hydroxylation is 1. The molecule has 0 aliphatic rings. The number of aromatic nitrogens is 2. The smallest absolute Gasteiger partial charge is 0.224 e. The zero-order valence-electron chi connectivity index (χ0n) is 17.3. The van der Waals surface area contributed by atoms with Crippen LogP contribution in [0.5, 0.6) is 11.5 Å². The molecule has 1 aromatic heterocycles. The number of ether oxygens (including phenoxy) is 2. The normalized spacial score (nSPS) is 11.3. The second-order valence-electron chi connectivity index (χ2n) is 6.91. The summed E-state index contributed by atoms with van der Waals surface area (Å²) in [7, 11) is 3.47. The van der Waals surface area contributed by atoms with Crippen molar-refractivity contribution in [2.75, 3.05) is 12.5 Å². The van der Waals surface area contributed by atoms with Crippen molar-refractivity contribution < 1.29 is 9.47 Å². The highest BCUT2D eigenvalue weighted by atomic mass is 35.5. The molecule has 4 aromatic rings. The first kappa shape index (κ1) is 22.3. The van der Waals surface area contributed by atoms with Crippen LogP contribution >= 0.6 is 34.8 Å². The van der Waals surface area contributed by atoms with Crippen molar-refractivity contribution in [1.82, 2.24) is 9.55 Å². The summed E-state index contributed by atoms with van der Waals surface area (Å²) in [6.07, 6.45) is 1.63. The molecule has 1 heterocycles. The predicted octanol–water partition coefficient (Wildman–Crippen LogP) is 6.57. The van der Waals surface area contributed by atoms with Crippen LogP contribution in [0.3, 0.4) is 0 Å². The molecule has 0 saturated carbocycles. The van der Waals surface area contributed by atoms with Gasteiger partial charge in [0.1, 0.15) is 6.61 Å². The Morgan fingerprint density at radius 2 is 1.88 bits per heavy atom. The SMILES string of the molecule is COc1cc(/C=N\Nc2nc3ccccc3n2C)cc(Cl)c1OCc1ccc(Cl)cc1Cl. The summed E-state index contributed by atoms with van der Waals surface area (Å²) in [4.78, 5) is 4.52. The minimum Gasteiger partial charge on any atom is -0.493 e. The van der Waals surface area contributed by atoms with Crippen LogP contribution in [-0.2, 0) is 13.7 Å². The van der Waals surface area contributed by atoms with Gasteiger partial charge in [0.2, 0.25) is 5.95 Å². The zero-order valence-corrected chi connectivity index (χ0v) is 19.5. The number of hydrogen-bond donors (Lipinski definition) is 1. The van der Waals surface area contributed by atoms with Gasteiger partial charge in [-0.05, 0) is 42.0 Å². The third kappa shape index (κ3) is 4.78. The number of benzene rings is 3. The summed E-state index contributed by atoms with van der Waals surface area (Å²) in [6, 6.07) is 16.6. The topological polar surface area (TPSA) is 60.7 Å². The van der Waals surface area contributed by atoms with Crippen LogP contribution < -0.4 is 14.9 Å². The molecule has 0 radical (unpaired) electrons. The van der Waals surface area contributed by atoms with Gasteiger partial charge in [-0.15, -0.1) is 0 Å². The van der Waals surface area contributed by atoms with E-state index >= 15 is 0 Å². The molecule has 0 bridgehead atoms. The molecule has 6 nitrogen and oxygen atoms in total. The van der Waals surface area contributed by atoms with Crippen molar-refractivity contribution in [2.45, 2.75) is 6.61 Å². The van der Waals surface area contributed by atoms with E-state index in [1.165, 1.54) is 0 Å². The van der Waals surface area contributed by atoms with Crippen LogP contribution in [0.1, 0.15) is 11.1 Å². The third-order valence-corrected chi connectivity index (χ3v) is 5.67. The first-order valence-electron chi connectivity index (χ1n) is 9.61. The van der Waals surface area contributed by atoms with Gasteiger partial charge in [0, 0.05) is 22.7 Å². The molecular weight excluding hydrogens is 471 g/mol. The molecule has 0 saturated heterocycles. The van der Waals surface area contributed by atoms with E-state index in [2.05, 4.69) is 15.5 Å². The van der Waals surface area contributed by atoms with Gasteiger partial charge < -0.3 is 14.0 Å². The Balaban J connectivity index is 1.50. The Bertz CT molecular complexity index is 1300. The van der Waals surface area contributed by atoms with E-state index in [9.17, 15) is 0 Å². The van der Waals surface area contributed by atoms with E-state index < -0.39 is 0 Å². The van der Waals surface area contributed by atoms with Gasteiger partial charge in [-0.3, -0.25) is 0 Å². The van der Waals surface area contributed by atoms with Gasteiger partial charge in [-0.2, -0.15) is 5.10 Å². The van der Waals surface area contributed by atoms with Crippen molar-refractivity contribution >= 4 is 58.0 Å². The summed E-state index contributed by atoms with van der Waals surface area (Å²) in [5.41, 5.74) is 6.38. The highest BCUT2D eigenvalue weighted by molar-refractivity contribution is 6.35. The Morgan fingerprint density at radius 1 is 1.06 bits per heavy atom. The molecule has 164 valence electrons. The lowest BCUT2D eigenvalue weighted by Gasteiger charge is -2.14. The lowest BCUT2D eigenvalue weighted by atomic mass is 10.2. The maximum absolute atomic E-state index is 6.46. The van der Waals surface area contributed by atoms with E-state index in [0.717, 1.165) is 22.2 Å². The van der Waals surface area contributed by atoms with Gasteiger partial charge in [0.15, 0.2) is 11.5 Å². The quantitative estimate of drug-likeness (QED) is 0.236. The van der Waals surface area contributed by atoms with E-state index in [-0.39, 0.29) is 6.61 Å². The van der Waals surface area contributed by atoms with Crippen molar-refractivity contribution in [3.05, 3.63) is 80.8 Å². The van der Waals surface area contributed by atoms with Gasteiger partial charge in [0.25, 0.3) is 0 Å². The zero-order chi connectivity index (χ0) is 22.7. The number of hydrazone groups is 1. The number of imidazole rings is 1. The maximum atomic E-state index is 6.46. The average Bonchev–Trinajstić information content (AvgIpc) is 3.09. The third-order valence-electron chi connectivity index (χ3n) is 4.80. The Hall–Kier alpha value is -2.93. The summed E-state index contributed by atoms with van der Waals surface area (Å²) in [5.74, 6) is 1.52. The standard InChI is InChI=1S/C23H19Cl3N4O2/c1-30-20-6-4-3-5-19(20)28-23(30)29-27-12-14-9-18(26)22(21(10-14)31-2)32-13-15-7-8-16(24)11-17(15)25/h3-12H,13H2,1-2H3,(H,28,29)/b27-12-. The molecule has 1 N–H and O–H groups in total. The van der Waals surface area contributed by atoms with Crippen molar-refractivity contribution in [2.24, 2.45) is 12.1 Å². The van der Waals surface area contributed by atoms with Crippen LogP contribution in [0.15, 0.2) is 59.7 Å². The van der Waals surface area contributed by atoms with Crippen LogP contribution in [-0.4, -0.2) is 22.9 Å². The number of nitrogens with one attached hydrogen (secondary N) is 1. The highest BCUT2D eigenvalue weighted by Crippen LogP contribution is 2.37. The number of methoxy groups -OCH3 is 1. The van der Waals surface area contributed by atoms with E-state index in [4.69, 9.17) is 44.3 Å². The van der Waals surface area contributed by atoms with E-state index in [1.54, 1.807) is 43.7 Å². The monoisotopic (exact) mass is 488 g/mol. The Morgan fingerprint density at radius 3 is 2.62 bits per heavy atom. The van der Waals surface area contributed by atoms with Crippen LogP contribution in [0.2, 0.25) is 15.1 Å². The largest absolute Gasteiger partial charge is 0.493 e. The van der Waals surface area contributed by atoms with Crippen molar-refractivity contribution in [3.8, 4) is 11.5 Å². The molecule has 0 atom stereocenters. The second-order valence-corrected chi connectivity index (χ2v) is 8.16. The molecule has 0 spiro atoms. The predicted molar refractivity (Wildman–Crippen MR) is 131 cm³/mol. The molecule has 3 aromatic carbocycles. The fourth-order valence-electron chi connectivity index (χ4n) is 3.15. The van der Waals surface area contributed by atoms with Gasteiger partial charge >= 0.3 is 0 Å². The highest BCUT2D eigenvalue weighted by Gasteiger charge is 2.13. The molecule has 0 aliphatic heterocycles. The first-order chi connectivity index (χ1) is 15.5. The summed E-state index contributed by atoms with van der Waals surface area (Å²) >= 11 is 18.6. The molecule has 0 fully saturated rings. The molecule has 9 heteroatoms. The fourth-order valence-corrected chi connectivity index (χ4v) is 3.89. The number of nitrogens with zero attached hydrogens (tertiary/aromatic N) is 3. The van der Waals surface area contributed by atoms with E-state index in [0.29, 0.717) is 32.5 Å². The fraction of sp³-hybridized carbons (Fsp3) is 0.130. The van der Waals surface area contributed by atoms with E-state index in [1.807, 2.05) is 35.9 Å². The number of halogens is 3. The van der Waals surface area contributed by atoms with Gasteiger partial charge in [-0.1, -0.05) is 53.0 Å². The number of rotatable bonds is 7. The Labute approximate surface area is 200 Å². The summed E-state index contributed by atoms with van der Waals surface area (Å²) in [6.45, 7) is 0.216. The second kappa shape index (κ2) is 9.69. The molecule has 0 amide bonds. The van der Waals surface area contributed by atoms with Crippen LogP contribution in [0.4, 0.5) is 5.95 Å². The average molecular weight is 490 g/mol. The number of fused-ring (bicyclic) bond motifs is 1. The molecule has 4 rings (SSSR count). The minimum absolute atomic E-state index is 0.216. The lowest BCUT2D eigenvalue weighted by Crippen LogP contribution is -2.01. The minimum atomic E-state index is 0.216. The van der Waals surface area contributed by atoms with Crippen molar-refractivity contribution in [3.63, 3.8) is 0 Å². The molecular formula is C23H19Cl3N4O2. The maximum Gasteiger partial charge on any atom is 0.224 e. The molecule has 0 unspecified atom stereocenters. The summed E-state index contributed by atoms with van der Waals surface area (Å²) < 4.78 is 13.3. The molecule has 0 aliphatic carbocycles.